The van der Waals surface area contributed by atoms with Gasteiger partial charge in [0.25, 0.3) is 5.91 Å². The number of carboxylic acid groups (broad SMARTS) is 1. The van der Waals surface area contributed by atoms with Gasteiger partial charge in [-0.3, -0.25) is 4.79 Å². The van der Waals surface area contributed by atoms with Gasteiger partial charge in [0.15, 0.2) is 0 Å². The molecule has 1 atom stereocenters. The van der Waals surface area contributed by atoms with E-state index in [2.05, 4.69) is 5.32 Å². The molecule has 0 aliphatic rings. The average molecular weight is 241 g/mol. The number of carbonyl (C=O) groups excluding carboxylic acids is 1. The van der Waals surface area contributed by atoms with Gasteiger partial charge in [0.2, 0.25) is 0 Å². The van der Waals surface area contributed by atoms with Gasteiger partial charge in [0.05, 0.1) is 4.88 Å². The SMILES string of the molecule is CC(C)(C)[C@H](NC(=O)c1cccs1)C(=O)O. The van der Waals surface area contributed by atoms with Crippen LogP contribution in [0.5, 0.6) is 0 Å². The van der Waals surface area contributed by atoms with Gasteiger partial charge >= 0.3 is 5.97 Å². The molecule has 88 valence electrons. The standard InChI is InChI=1S/C11H15NO3S/c1-11(2,3)8(10(14)15)12-9(13)7-5-4-6-16-7/h4-6,8H,1-3H3,(H,12,13)(H,14,15)/t8-/m1/s1. The van der Waals surface area contributed by atoms with Gasteiger partial charge in [-0.05, 0) is 16.9 Å². The van der Waals surface area contributed by atoms with E-state index in [1.165, 1.54) is 11.3 Å². The van der Waals surface area contributed by atoms with Crippen molar-refractivity contribution in [2.45, 2.75) is 26.8 Å². The highest BCUT2D eigenvalue weighted by molar-refractivity contribution is 7.12. The summed E-state index contributed by atoms with van der Waals surface area (Å²) in [4.78, 5) is 23.3. The molecule has 5 heteroatoms. The number of aliphatic carboxylic acids is 1. The second-order valence-electron chi connectivity index (χ2n) is 4.59. The molecular weight excluding hydrogens is 226 g/mol. The molecule has 16 heavy (non-hydrogen) atoms. The maximum Gasteiger partial charge on any atom is 0.326 e. The number of carbonyl (C=O) groups is 2. The first-order valence-electron chi connectivity index (χ1n) is 4.89. The van der Waals surface area contributed by atoms with Crippen LogP contribution in [0.2, 0.25) is 0 Å². The molecule has 0 aliphatic heterocycles. The minimum absolute atomic E-state index is 0.336. The Morgan fingerprint density at radius 2 is 2.06 bits per heavy atom. The number of carboxylic acids is 1. The Morgan fingerprint density at radius 3 is 2.44 bits per heavy atom. The monoisotopic (exact) mass is 241 g/mol. The van der Waals surface area contributed by atoms with Gasteiger partial charge in [-0.2, -0.15) is 0 Å². The summed E-state index contributed by atoms with van der Waals surface area (Å²) in [6.45, 7) is 5.33. The second kappa shape index (κ2) is 4.65. The molecule has 1 amide bonds. The zero-order valence-electron chi connectivity index (χ0n) is 9.48. The largest absolute Gasteiger partial charge is 0.480 e. The Labute approximate surface area is 98.3 Å². The van der Waals surface area contributed by atoms with Gasteiger partial charge in [-0.25, -0.2) is 4.79 Å². The lowest BCUT2D eigenvalue weighted by Gasteiger charge is -2.27. The molecule has 1 aromatic rings. The van der Waals surface area contributed by atoms with Crippen molar-refractivity contribution in [1.82, 2.24) is 5.32 Å². The molecule has 1 aromatic heterocycles. The Kier molecular flexibility index (Phi) is 3.70. The van der Waals surface area contributed by atoms with Crippen molar-refractivity contribution in [3.05, 3.63) is 22.4 Å². The van der Waals surface area contributed by atoms with Crippen LogP contribution in [0.1, 0.15) is 30.4 Å². The Morgan fingerprint density at radius 1 is 1.44 bits per heavy atom. The third kappa shape index (κ3) is 3.06. The molecular formula is C11H15NO3S. The van der Waals surface area contributed by atoms with E-state index in [0.29, 0.717) is 4.88 Å². The zero-order chi connectivity index (χ0) is 12.3. The Bertz CT molecular complexity index is 378. The molecule has 0 aromatic carbocycles. The lowest BCUT2D eigenvalue weighted by atomic mass is 9.87. The quantitative estimate of drug-likeness (QED) is 0.850. The highest BCUT2D eigenvalue weighted by Gasteiger charge is 2.32. The Balaban J connectivity index is 2.78. The van der Waals surface area contributed by atoms with E-state index < -0.39 is 17.4 Å². The van der Waals surface area contributed by atoms with Crippen molar-refractivity contribution in [1.29, 1.82) is 0 Å². The molecule has 1 rings (SSSR count). The van der Waals surface area contributed by atoms with Crippen LogP contribution in [0.15, 0.2) is 17.5 Å². The first-order chi connectivity index (χ1) is 7.32. The number of thiophene rings is 1. The molecule has 4 nitrogen and oxygen atoms in total. The third-order valence-electron chi connectivity index (χ3n) is 2.13. The van der Waals surface area contributed by atoms with Crippen LogP contribution < -0.4 is 5.32 Å². The zero-order valence-corrected chi connectivity index (χ0v) is 10.3. The van der Waals surface area contributed by atoms with Crippen molar-refractivity contribution in [2.24, 2.45) is 5.41 Å². The molecule has 0 unspecified atom stereocenters. The minimum Gasteiger partial charge on any atom is -0.480 e. The minimum atomic E-state index is -1.02. The fourth-order valence-corrected chi connectivity index (χ4v) is 1.89. The van der Waals surface area contributed by atoms with Crippen molar-refractivity contribution in [3.63, 3.8) is 0 Å². The van der Waals surface area contributed by atoms with Gasteiger partial charge < -0.3 is 10.4 Å². The molecule has 0 bridgehead atoms. The normalized spacial score (nSPS) is 13.2. The number of rotatable bonds is 3. The molecule has 0 fully saturated rings. The van der Waals surface area contributed by atoms with Crippen molar-refractivity contribution in [3.8, 4) is 0 Å². The molecule has 0 aliphatic carbocycles. The molecule has 0 spiro atoms. The fourth-order valence-electron chi connectivity index (χ4n) is 1.26. The van der Waals surface area contributed by atoms with E-state index in [0.717, 1.165) is 0 Å². The molecule has 0 radical (unpaired) electrons. The van der Waals surface area contributed by atoms with Crippen LogP contribution in [0.25, 0.3) is 0 Å². The number of amides is 1. The highest BCUT2D eigenvalue weighted by Crippen LogP contribution is 2.20. The van der Waals surface area contributed by atoms with Crippen LogP contribution in [0.4, 0.5) is 0 Å². The van der Waals surface area contributed by atoms with Crippen LogP contribution >= 0.6 is 11.3 Å². The van der Waals surface area contributed by atoms with E-state index >= 15 is 0 Å². The van der Waals surface area contributed by atoms with Gasteiger partial charge in [-0.15, -0.1) is 11.3 Å². The number of hydrogen-bond donors (Lipinski definition) is 2. The summed E-state index contributed by atoms with van der Waals surface area (Å²) in [5.74, 6) is -1.35. The highest BCUT2D eigenvalue weighted by atomic mass is 32.1. The second-order valence-corrected chi connectivity index (χ2v) is 5.54. The van der Waals surface area contributed by atoms with Crippen molar-refractivity contribution >= 4 is 23.2 Å². The van der Waals surface area contributed by atoms with Crippen LogP contribution in [-0.4, -0.2) is 23.0 Å². The maximum absolute atomic E-state index is 11.7. The predicted octanol–water partition coefficient (Wildman–Crippen LogP) is 1.98. The summed E-state index contributed by atoms with van der Waals surface area (Å²) in [6.07, 6.45) is 0. The van der Waals surface area contributed by atoms with Crippen LogP contribution in [-0.2, 0) is 4.79 Å². The Hall–Kier alpha value is -1.36. The van der Waals surface area contributed by atoms with Crippen LogP contribution in [0, 0.1) is 5.41 Å². The van der Waals surface area contributed by atoms with Gasteiger partial charge in [0.1, 0.15) is 6.04 Å². The number of hydrogen-bond acceptors (Lipinski definition) is 3. The van der Waals surface area contributed by atoms with Crippen molar-refractivity contribution < 1.29 is 14.7 Å². The first kappa shape index (κ1) is 12.7. The summed E-state index contributed by atoms with van der Waals surface area (Å²) in [5.41, 5.74) is -0.515. The van der Waals surface area contributed by atoms with E-state index in [1.54, 1.807) is 38.3 Å². The maximum atomic E-state index is 11.7. The van der Waals surface area contributed by atoms with Crippen molar-refractivity contribution in [2.75, 3.05) is 0 Å². The van der Waals surface area contributed by atoms with E-state index in [1.807, 2.05) is 0 Å². The lowest BCUT2D eigenvalue weighted by Crippen LogP contribution is -2.48. The average Bonchev–Trinajstić information content (AvgIpc) is 2.63. The molecule has 0 saturated heterocycles. The predicted molar refractivity (Wildman–Crippen MR) is 62.7 cm³/mol. The summed E-state index contributed by atoms with van der Waals surface area (Å²) in [6, 6.07) is 2.54. The smallest absolute Gasteiger partial charge is 0.326 e. The van der Waals surface area contributed by atoms with Gasteiger partial charge in [-0.1, -0.05) is 26.8 Å². The topological polar surface area (TPSA) is 66.4 Å². The third-order valence-corrected chi connectivity index (χ3v) is 3.00. The van der Waals surface area contributed by atoms with E-state index in [-0.39, 0.29) is 5.91 Å². The molecule has 2 N–H and O–H groups in total. The molecule has 0 saturated carbocycles. The first-order valence-corrected chi connectivity index (χ1v) is 5.77. The lowest BCUT2D eigenvalue weighted by molar-refractivity contribution is -0.142. The van der Waals surface area contributed by atoms with Gasteiger partial charge in [0, 0.05) is 0 Å². The molecule has 1 heterocycles. The summed E-state index contributed by atoms with van der Waals surface area (Å²) < 4.78 is 0. The van der Waals surface area contributed by atoms with Crippen LogP contribution in [0.3, 0.4) is 0 Å². The summed E-state index contributed by atoms with van der Waals surface area (Å²) >= 11 is 1.29. The fraction of sp³-hybridized carbons (Fsp3) is 0.455. The van der Waals surface area contributed by atoms with E-state index in [4.69, 9.17) is 5.11 Å². The van der Waals surface area contributed by atoms with E-state index in [9.17, 15) is 9.59 Å². The summed E-state index contributed by atoms with van der Waals surface area (Å²) in [5, 5.41) is 13.4. The summed E-state index contributed by atoms with van der Waals surface area (Å²) in [7, 11) is 0. The number of nitrogens with one attached hydrogen (secondary N) is 1.